The summed E-state index contributed by atoms with van der Waals surface area (Å²) in [5.41, 5.74) is -0.459. The van der Waals surface area contributed by atoms with Gasteiger partial charge in [0.05, 0.1) is 17.9 Å². The zero-order chi connectivity index (χ0) is 12.8. The molecule has 0 radical (unpaired) electrons. The first-order valence-corrected chi connectivity index (χ1v) is 5.98. The van der Waals surface area contributed by atoms with Crippen molar-refractivity contribution in [2.45, 2.75) is 33.3 Å². The topological polar surface area (TPSA) is 63.6 Å². The summed E-state index contributed by atoms with van der Waals surface area (Å²) in [4.78, 5) is 22.9. The van der Waals surface area contributed by atoms with Crippen LogP contribution in [0.2, 0.25) is 0 Å². The number of esters is 2. The summed E-state index contributed by atoms with van der Waals surface area (Å²) < 4.78 is 4.63. The molecule has 2 aliphatic rings. The van der Waals surface area contributed by atoms with Crippen molar-refractivity contribution < 1.29 is 19.4 Å². The van der Waals surface area contributed by atoms with Gasteiger partial charge in [0.1, 0.15) is 0 Å². The van der Waals surface area contributed by atoms with E-state index in [0.29, 0.717) is 6.42 Å². The summed E-state index contributed by atoms with van der Waals surface area (Å²) in [6, 6.07) is 0. The smallest absolute Gasteiger partial charge is 0.321 e. The maximum Gasteiger partial charge on any atom is 0.321 e. The Bertz CT molecular complexity index is 385. The van der Waals surface area contributed by atoms with E-state index < -0.39 is 35.3 Å². The minimum absolute atomic E-state index is 0.106. The Labute approximate surface area is 101 Å². The third-order valence-corrected chi connectivity index (χ3v) is 3.86. The molecule has 4 nitrogen and oxygen atoms in total. The maximum atomic E-state index is 11.5. The van der Waals surface area contributed by atoms with Crippen LogP contribution >= 0.6 is 0 Å². The van der Waals surface area contributed by atoms with Crippen molar-refractivity contribution in [3.05, 3.63) is 12.2 Å². The second-order valence-corrected chi connectivity index (χ2v) is 5.63. The van der Waals surface area contributed by atoms with Crippen molar-refractivity contribution >= 4 is 11.9 Å². The molecule has 1 fully saturated rings. The highest BCUT2D eigenvalue weighted by atomic mass is 16.6. The molecule has 4 heteroatoms. The van der Waals surface area contributed by atoms with Gasteiger partial charge in [-0.15, -0.1) is 0 Å². The van der Waals surface area contributed by atoms with Crippen LogP contribution < -0.4 is 0 Å². The fraction of sp³-hybridized carbons (Fsp3) is 0.692. The standard InChI is InChI=1S/C13H18O4/c1-7(2)10(14)13(3)5-4-8-9(6-13)12(16)17-11(8)15/h4-5,7-10,14H,6H2,1-3H3/t8-,9+,10-,13+/m1/s1. The van der Waals surface area contributed by atoms with E-state index in [0.717, 1.165) is 0 Å². The Hall–Kier alpha value is -1.16. The average molecular weight is 238 g/mol. The van der Waals surface area contributed by atoms with E-state index in [4.69, 9.17) is 0 Å². The molecule has 0 aromatic rings. The van der Waals surface area contributed by atoms with Crippen LogP contribution in [0.3, 0.4) is 0 Å². The molecule has 0 bridgehead atoms. The first-order chi connectivity index (χ1) is 7.85. The first kappa shape index (κ1) is 12.3. The fourth-order valence-corrected chi connectivity index (χ4v) is 2.82. The van der Waals surface area contributed by atoms with E-state index in [1.54, 1.807) is 6.08 Å². The largest absolute Gasteiger partial charge is 0.392 e. The molecule has 1 heterocycles. The number of hydrogen-bond acceptors (Lipinski definition) is 4. The lowest BCUT2D eigenvalue weighted by atomic mass is 9.67. The number of carbonyl (C=O) groups is 2. The average Bonchev–Trinajstić information content (AvgIpc) is 2.53. The number of aliphatic hydroxyl groups excluding tert-OH is 1. The third-order valence-electron chi connectivity index (χ3n) is 3.86. The van der Waals surface area contributed by atoms with Gasteiger partial charge in [0, 0.05) is 5.41 Å². The summed E-state index contributed by atoms with van der Waals surface area (Å²) >= 11 is 0. The molecule has 0 saturated carbocycles. The number of hydrogen-bond donors (Lipinski definition) is 1. The van der Waals surface area contributed by atoms with E-state index in [9.17, 15) is 14.7 Å². The van der Waals surface area contributed by atoms with Crippen molar-refractivity contribution in [2.24, 2.45) is 23.2 Å². The number of ether oxygens (including phenoxy) is 1. The van der Waals surface area contributed by atoms with Crippen LogP contribution in [0.4, 0.5) is 0 Å². The molecule has 0 aromatic carbocycles. The molecule has 1 aliphatic heterocycles. The number of rotatable bonds is 2. The Morgan fingerprint density at radius 3 is 2.65 bits per heavy atom. The zero-order valence-corrected chi connectivity index (χ0v) is 10.3. The molecule has 0 spiro atoms. The SMILES string of the molecule is CC(C)[C@@H](O)[C@@]1(C)C=C[C@H]2C(=O)OC(=O)[C@H]2C1. The second-order valence-electron chi connectivity index (χ2n) is 5.63. The second kappa shape index (κ2) is 3.95. The van der Waals surface area contributed by atoms with E-state index in [2.05, 4.69) is 4.74 Å². The predicted molar refractivity (Wildman–Crippen MR) is 60.8 cm³/mol. The van der Waals surface area contributed by atoms with Crippen molar-refractivity contribution in [1.82, 2.24) is 0 Å². The van der Waals surface area contributed by atoms with Crippen LogP contribution in [-0.4, -0.2) is 23.1 Å². The molecule has 0 unspecified atom stereocenters. The summed E-state index contributed by atoms with van der Waals surface area (Å²) in [5, 5.41) is 10.2. The molecule has 1 aliphatic carbocycles. The monoisotopic (exact) mass is 238 g/mol. The molecule has 0 amide bonds. The highest BCUT2D eigenvalue weighted by Gasteiger charge is 2.50. The third kappa shape index (κ3) is 1.90. The van der Waals surface area contributed by atoms with Crippen LogP contribution in [-0.2, 0) is 14.3 Å². The van der Waals surface area contributed by atoms with Gasteiger partial charge < -0.3 is 9.84 Å². The molecule has 17 heavy (non-hydrogen) atoms. The van der Waals surface area contributed by atoms with Crippen molar-refractivity contribution in [2.75, 3.05) is 0 Å². The first-order valence-electron chi connectivity index (χ1n) is 5.98. The van der Waals surface area contributed by atoms with Crippen LogP contribution in [0.15, 0.2) is 12.2 Å². The summed E-state index contributed by atoms with van der Waals surface area (Å²) in [7, 11) is 0. The Kier molecular flexibility index (Phi) is 2.86. The minimum Gasteiger partial charge on any atom is -0.392 e. The minimum atomic E-state index is -0.525. The molecule has 4 atom stereocenters. The number of cyclic esters (lactones) is 2. The molecule has 94 valence electrons. The summed E-state index contributed by atoms with van der Waals surface area (Å²) in [6.07, 6.45) is 3.52. The number of carbonyl (C=O) groups excluding carboxylic acids is 2. The number of fused-ring (bicyclic) bond motifs is 1. The van der Waals surface area contributed by atoms with E-state index in [1.807, 2.05) is 26.8 Å². The summed E-state index contributed by atoms with van der Waals surface area (Å²) in [5.74, 6) is -1.68. The lowest BCUT2D eigenvalue weighted by Gasteiger charge is -2.38. The highest BCUT2D eigenvalue weighted by Crippen LogP contribution is 2.44. The van der Waals surface area contributed by atoms with E-state index in [1.165, 1.54) is 0 Å². The van der Waals surface area contributed by atoms with Crippen LogP contribution in [0.5, 0.6) is 0 Å². The quantitative estimate of drug-likeness (QED) is 0.447. The molecule has 1 saturated heterocycles. The molecule has 1 N–H and O–H groups in total. The number of aliphatic hydroxyl groups is 1. The van der Waals surface area contributed by atoms with Crippen molar-refractivity contribution in [3.63, 3.8) is 0 Å². The lowest BCUT2D eigenvalue weighted by molar-refractivity contribution is -0.153. The Morgan fingerprint density at radius 1 is 1.41 bits per heavy atom. The van der Waals surface area contributed by atoms with Gasteiger partial charge in [0.15, 0.2) is 0 Å². The maximum absolute atomic E-state index is 11.5. The highest BCUT2D eigenvalue weighted by molar-refractivity contribution is 5.97. The van der Waals surface area contributed by atoms with Gasteiger partial charge in [0.25, 0.3) is 0 Å². The molecular weight excluding hydrogens is 220 g/mol. The van der Waals surface area contributed by atoms with Gasteiger partial charge >= 0.3 is 11.9 Å². The van der Waals surface area contributed by atoms with Gasteiger partial charge in [-0.3, -0.25) is 9.59 Å². The van der Waals surface area contributed by atoms with Gasteiger partial charge in [-0.1, -0.05) is 32.9 Å². The molecule has 2 rings (SSSR count). The van der Waals surface area contributed by atoms with Gasteiger partial charge in [-0.2, -0.15) is 0 Å². The lowest BCUT2D eigenvalue weighted by Crippen LogP contribution is -2.40. The van der Waals surface area contributed by atoms with E-state index in [-0.39, 0.29) is 5.92 Å². The molecule has 0 aromatic heterocycles. The Morgan fingerprint density at radius 2 is 2.06 bits per heavy atom. The van der Waals surface area contributed by atoms with Gasteiger partial charge in [-0.05, 0) is 12.3 Å². The van der Waals surface area contributed by atoms with Gasteiger partial charge in [0.2, 0.25) is 0 Å². The van der Waals surface area contributed by atoms with E-state index >= 15 is 0 Å². The van der Waals surface area contributed by atoms with Crippen molar-refractivity contribution in [1.29, 1.82) is 0 Å². The van der Waals surface area contributed by atoms with Crippen molar-refractivity contribution in [3.8, 4) is 0 Å². The zero-order valence-electron chi connectivity index (χ0n) is 10.3. The van der Waals surface area contributed by atoms with Gasteiger partial charge in [-0.25, -0.2) is 0 Å². The summed E-state index contributed by atoms with van der Waals surface area (Å²) in [6.45, 7) is 5.79. The van der Waals surface area contributed by atoms with Crippen LogP contribution in [0, 0.1) is 23.2 Å². The Balaban J connectivity index is 2.27. The predicted octanol–water partition coefficient (Wildman–Crippen LogP) is 1.29. The normalized spacial score (nSPS) is 38.2. The van der Waals surface area contributed by atoms with Crippen LogP contribution in [0.25, 0.3) is 0 Å². The van der Waals surface area contributed by atoms with Crippen LogP contribution in [0.1, 0.15) is 27.2 Å². The molecular formula is C13H18O4. The fourth-order valence-electron chi connectivity index (χ4n) is 2.82.